The van der Waals surface area contributed by atoms with Crippen LogP contribution in [-0.4, -0.2) is 54.0 Å². The molecule has 0 saturated carbocycles. The van der Waals surface area contributed by atoms with Crippen LogP contribution in [0.25, 0.3) is 11.1 Å². The van der Waals surface area contributed by atoms with Gasteiger partial charge >= 0.3 is 12.1 Å². The number of alkyl carbamates (subject to hydrolysis) is 1. The van der Waals surface area contributed by atoms with E-state index >= 15 is 0 Å². The third-order valence-corrected chi connectivity index (χ3v) is 6.01. The number of benzene rings is 2. The zero-order chi connectivity index (χ0) is 24.3. The minimum Gasteiger partial charge on any atom is -0.480 e. The number of unbranched alkanes of at least 4 members (excludes halogenated alkanes) is 4. The third-order valence-electron chi connectivity index (χ3n) is 6.01. The van der Waals surface area contributed by atoms with Gasteiger partial charge in [-0.3, -0.25) is 4.79 Å². The first-order valence-corrected chi connectivity index (χ1v) is 11.7. The highest BCUT2D eigenvalue weighted by atomic mass is 16.5. The number of hydrogen-bond acceptors (Lipinski definition) is 5. The predicted molar refractivity (Wildman–Crippen MR) is 127 cm³/mol. The number of aliphatic carboxylic acids is 1. The molecular weight excluding hydrogens is 436 g/mol. The van der Waals surface area contributed by atoms with Crippen molar-refractivity contribution in [1.29, 1.82) is 0 Å². The molecular formula is C26H32N2O6. The van der Waals surface area contributed by atoms with Crippen LogP contribution in [0.5, 0.6) is 0 Å². The molecule has 1 atom stereocenters. The van der Waals surface area contributed by atoms with Gasteiger partial charge in [-0.15, -0.1) is 0 Å². The number of aliphatic hydroxyl groups is 1. The molecule has 0 unspecified atom stereocenters. The monoisotopic (exact) mass is 468 g/mol. The highest BCUT2D eigenvalue weighted by Crippen LogP contribution is 2.44. The van der Waals surface area contributed by atoms with Gasteiger partial charge in [-0.25, -0.2) is 9.59 Å². The van der Waals surface area contributed by atoms with Gasteiger partial charge in [0.15, 0.2) is 0 Å². The van der Waals surface area contributed by atoms with Crippen molar-refractivity contribution in [3.63, 3.8) is 0 Å². The van der Waals surface area contributed by atoms with Crippen LogP contribution in [-0.2, 0) is 14.3 Å². The van der Waals surface area contributed by atoms with Crippen LogP contribution in [0, 0.1) is 0 Å². The number of carbonyl (C=O) groups excluding carboxylic acids is 2. The summed E-state index contributed by atoms with van der Waals surface area (Å²) in [5.74, 6) is -1.59. The molecule has 0 fully saturated rings. The molecule has 0 heterocycles. The van der Waals surface area contributed by atoms with Crippen LogP contribution < -0.4 is 10.6 Å². The normalized spacial score (nSPS) is 13.0. The average molecular weight is 469 g/mol. The maximum atomic E-state index is 12.2. The number of hydrogen-bond donors (Lipinski definition) is 4. The van der Waals surface area contributed by atoms with E-state index in [-0.39, 0.29) is 18.2 Å². The maximum Gasteiger partial charge on any atom is 0.407 e. The fourth-order valence-corrected chi connectivity index (χ4v) is 4.23. The van der Waals surface area contributed by atoms with Crippen molar-refractivity contribution in [3.8, 4) is 11.1 Å². The third kappa shape index (κ3) is 6.81. The van der Waals surface area contributed by atoms with Crippen molar-refractivity contribution in [2.45, 2.75) is 50.5 Å². The number of aliphatic hydroxyl groups excluding tert-OH is 1. The quantitative estimate of drug-likeness (QED) is 0.334. The molecule has 2 aromatic rings. The number of rotatable bonds is 13. The van der Waals surface area contributed by atoms with Crippen molar-refractivity contribution in [1.82, 2.24) is 10.6 Å². The van der Waals surface area contributed by atoms with Gasteiger partial charge in [-0.05, 0) is 35.1 Å². The Labute approximate surface area is 199 Å². The van der Waals surface area contributed by atoms with E-state index in [4.69, 9.17) is 14.9 Å². The summed E-state index contributed by atoms with van der Waals surface area (Å²) in [5.41, 5.74) is 4.75. The van der Waals surface area contributed by atoms with Gasteiger partial charge in [0.2, 0.25) is 5.91 Å². The van der Waals surface area contributed by atoms with Crippen LogP contribution in [0.3, 0.4) is 0 Å². The number of carboxylic acids is 1. The summed E-state index contributed by atoms with van der Waals surface area (Å²) >= 11 is 0. The lowest BCUT2D eigenvalue weighted by Crippen LogP contribution is -2.43. The molecule has 3 rings (SSSR count). The first-order valence-electron chi connectivity index (χ1n) is 11.7. The topological polar surface area (TPSA) is 125 Å². The lowest BCUT2D eigenvalue weighted by atomic mass is 9.98. The Morgan fingerprint density at radius 3 is 2.09 bits per heavy atom. The molecule has 8 heteroatoms. The molecule has 1 aliphatic rings. The zero-order valence-electron chi connectivity index (χ0n) is 19.2. The molecule has 2 amide bonds. The van der Waals surface area contributed by atoms with E-state index in [1.807, 2.05) is 24.3 Å². The summed E-state index contributed by atoms with van der Waals surface area (Å²) in [6, 6.07) is 15.2. The highest BCUT2D eigenvalue weighted by Gasteiger charge is 2.28. The average Bonchev–Trinajstić information content (AvgIpc) is 3.16. The maximum absolute atomic E-state index is 12.2. The van der Waals surface area contributed by atoms with E-state index in [1.165, 1.54) is 22.3 Å². The predicted octanol–water partition coefficient (Wildman–Crippen LogP) is 3.43. The Morgan fingerprint density at radius 1 is 0.882 bits per heavy atom. The number of fused-ring (bicyclic) bond motifs is 3. The second-order valence-electron chi connectivity index (χ2n) is 8.41. The molecule has 0 radical (unpaired) electrons. The second-order valence-corrected chi connectivity index (χ2v) is 8.41. The SMILES string of the molecule is O=C(CCCCCCCNC(=O)OCC1c2ccccc2-c2ccccc21)N[C@H](CO)C(=O)O. The molecule has 182 valence electrons. The van der Waals surface area contributed by atoms with E-state index in [9.17, 15) is 14.4 Å². The van der Waals surface area contributed by atoms with E-state index in [0.717, 1.165) is 25.7 Å². The van der Waals surface area contributed by atoms with E-state index in [1.54, 1.807) is 0 Å². The summed E-state index contributed by atoms with van der Waals surface area (Å²) in [7, 11) is 0. The minimum atomic E-state index is -1.25. The molecule has 2 aromatic carbocycles. The molecule has 8 nitrogen and oxygen atoms in total. The zero-order valence-corrected chi connectivity index (χ0v) is 19.2. The van der Waals surface area contributed by atoms with Crippen LogP contribution in [0.4, 0.5) is 4.79 Å². The van der Waals surface area contributed by atoms with Gasteiger partial charge in [0.05, 0.1) is 6.61 Å². The van der Waals surface area contributed by atoms with Crippen molar-refractivity contribution in [3.05, 3.63) is 59.7 Å². The standard InChI is InChI=1S/C26H32N2O6/c29-16-23(25(31)32)28-24(30)14-4-2-1-3-9-15-27-26(33)34-17-22-20-12-7-5-10-18(20)19-11-6-8-13-21(19)22/h5-8,10-13,22-23,29H,1-4,9,14-17H2,(H,27,33)(H,28,30)(H,31,32)/t23-/m1/s1. The van der Waals surface area contributed by atoms with Gasteiger partial charge in [0, 0.05) is 18.9 Å². The van der Waals surface area contributed by atoms with E-state index < -0.39 is 24.7 Å². The van der Waals surface area contributed by atoms with Crippen LogP contribution in [0.1, 0.15) is 55.6 Å². The largest absolute Gasteiger partial charge is 0.480 e. The summed E-state index contributed by atoms with van der Waals surface area (Å²) in [4.78, 5) is 34.6. The summed E-state index contributed by atoms with van der Waals surface area (Å²) in [6.07, 6.45) is 3.89. The van der Waals surface area contributed by atoms with Crippen molar-refractivity contribution in [2.24, 2.45) is 0 Å². The Morgan fingerprint density at radius 2 is 1.47 bits per heavy atom. The molecule has 0 aliphatic heterocycles. The first kappa shape index (κ1) is 25.2. The first-order chi connectivity index (χ1) is 16.5. The lowest BCUT2D eigenvalue weighted by Gasteiger charge is -2.14. The fraction of sp³-hybridized carbons (Fsp3) is 0.423. The summed E-state index contributed by atoms with van der Waals surface area (Å²) in [5, 5.41) is 22.8. The van der Waals surface area contributed by atoms with Gasteiger partial charge in [-0.1, -0.05) is 67.8 Å². The molecule has 34 heavy (non-hydrogen) atoms. The summed E-state index contributed by atoms with van der Waals surface area (Å²) < 4.78 is 5.51. The number of ether oxygens (including phenoxy) is 1. The smallest absolute Gasteiger partial charge is 0.407 e. The van der Waals surface area contributed by atoms with Crippen LogP contribution in [0.15, 0.2) is 48.5 Å². The molecule has 1 aliphatic carbocycles. The molecule has 0 saturated heterocycles. The van der Waals surface area contributed by atoms with Gasteiger partial charge in [0.1, 0.15) is 12.6 Å². The fourth-order valence-electron chi connectivity index (χ4n) is 4.23. The molecule has 4 N–H and O–H groups in total. The Kier molecular flexibility index (Phi) is 9.46. The van der Waals surface area contributed by atoms with Gasteiger partial charge in [0.25, 0.3) is 0 Å². The number of carboxylic acid groups (broad SMARTS) is 1. The van der Waals surface area contributed by atoms with E-state index in [2.05, 4.69) is 34.9 Å². The van der Waals surface area contributed by atoms with Crippen LogP contribution >= 0.6 is 0 Å². The van der Waals surface area contributed by atoms with Crippen molar-refractivity contribution >= 4 is 18.0 Å². The molecule has 0 bridgehead atoms. The van der Waals surface area contributed by atoms with E-state index in [0.29, 0.717) is 19.6 Å². The lowest BCUT2D eigenvalue weighted by molar-refractivity contribution is -0.142. The Balaban J connectivity index is 1.27. The highest BCUT2D eigenvalue weighted by molar-refractivity contribution is 5.83. The number of carbonyl (C=O) groups is 3. The number of nitrogens with one attached hydrogen (secondary N) is 2. The summed E-state index contributed by atoms with van der Waals surface area (Å²) in [6.45, 7) is 0.187. The van der Waals surface area contributed by atoms with Gasteiger partial charge in [-0.2, -0.15) is 0 Å². The van der Waals surface area contributed by atoms with Crippen molar-refractivity contribution < 1.29 is 29.3 Å². The minimum absolute atomic E-state index is 0.0403. The Hall–Kier alpha value is -3.39. The van der Waals surface area contributed by atoms with Gasteiger partial charge < -0.3 is 25.6 Å². The second kappa shape index (κ2) is 12.7. The van der Waals surface area contributed by atoms with Crippen LogP contribution in [0.2, 0.25) is 0 Å². The Bertz CT molecular complexity index is 947. The van der Waals surface area contributed by atoms with Crippen molar-refractivity contribution in [2.75, 3.05) is 19.8 Å². The number of amides is 2. The molecule has 0 spiro atoms. The molecule has 0 aromatic heterocycles.